The maximum Gasteiger partial charge on any atom is 0.408 e. The van der Waals surface area contributed by atoms with E-state index in [0.29, 0.717) is 98.9 Å². The smallest absolute Gasteiger partial charge is 0.408 e. The van der Waals surface area contributed by atoms with Crippen molar-refractivity contribution in [2.75, 3.05) is 40.0 Å². The molecule has 0 spiro atoms. The zero-order chi connectivity index (χ0) is 62.3. The average Bonchev–Trinajstić information content (AvgIpc) is 1.31. The molecule has 90 heavy (non-hydrogen) atoms. The number of aromatic nitrogens is 2. The lowest BCUT2D eigenvalue weighted by atomic mass is 9.90. The number of hydrogen-bond acceptors (Lipinski definition) is 16. The van der Waals surface area contributed by atoms with Gasteiger partial charge in [-0.15, -0.1) is 0 Å². The Bertz CT molecular complexity index is 3320. The number of alkyl carbamates (subject to hydrolysis) is 2. The van der Waals surface area contributed by atoms with Crippen LogP contribution in [0, 0.1) is 29.6 Å². The molecular formula is C70H88N6O14. The highest BCUT2D eigenvalue weighted by atomic mass is 16.6. The van der Waals surface area contributed by atoms with E-state index in [0.717, 1.165) is 92.5 Å². The first-order valence-electron chi connectivity index (χ1n) is 33.5. The second kappa shape index (κ2) is 28.7. The van der Waals surface area contributed by atoms with Crippen molar-refractivity contribution < 1.29 is 66.7 Å². The number of carbonyl (C=O) groups excluding carboxylic acids is 6. The second-order valence-electron chi connectivity index (χ2n) is 25.9. The van der Waals surface area contributed by atoms with Crippen LogP contribution >= 0.6 is 0 Å². The van der Waals surface area contributed by atoms with E-state index >= 15 is 14.4 Å². The molecule has 4 saturated carbocycles. The highest BCUT2D eigenvalue weighted by Crippen LogP contribution is 2.43. The van der Waals surface area contributed by atoms with Crippen LogP contribution in [0.1, 0.15) is 147 Å². The Morgan fingerprint density at radius 3 is 1.59 bits per heavy atom. The topological polar surface area (TPSA) is 233 Å². The van der Waals surface area contributed by atoms with E-state index in [1.54, 1.807) is 4.90 Å². The van der Waals surface area contributed by atoms with Crippen molar-refractivity contribution in [2.24, 2.45) is 29.6 Å². The van der Waals surface area contributed by atoms with Gasteiger partial charge in [-0.1, -0.05) is 74.3 Å². The van der Waals surface area contributed by atoms with Crippen molar-refractivity contribution in [1.82, 2.24) is 30.4 Å². The number of amides is 4. The minimum atomic E-state index is -1.08. The number of esters is 2. The molecule has 11 atom stereocenters. The number of ether oxygens (including phenoxy) is 8. The van der Waals surface area contributed by atoms with E-state index in [4.69, 9.17) is 47.9 Å². The van der Waals surface area contributed by atoms with Crippen molar-refractivity contribution in [1.29, 1.82) is 0 Å². The Morgan fingerprint density at radius 2 is 1.06 bits per heavy atom. The van der Waals surface area contributed by atoms with Gasteiger partial charge >= 0.3 is 24.1 Å². The predicted octanol–water partition coefficient (Wildman–Crippen LogP) is 10.6. The van der Waals surface area contributed by atoms with Crippen molar-refractivity contribution >= 4 is 57.7 Å². The third-order valence-corrected chi connectivity index (χ3v) is 20.4. The van der Waals surface area contributed by atoms with Crippen LogP contribution in [0.3, 0.4) is 0 Å². The summed E-state index contributed by atoms with van der Waals surface area (Å²) in [5.41, 5.74) is 2.86. The van der Waals surface area contributed by atoms with Gasteiger partial charge in [-0.3, -0.25) is 9.59 Å². The molecule has 2 aromatic carbocycles. The lowest BCUT2D eigenvalue weighted by Crippen LogP contribution is -2.55. The number of benzene rings is 2. The van der Waals surface area contributed by atoms with Gasteiger partial charge in [0.15, 0.2) is 0 Å². The number of allylic oxidation sites excluding steroid dienone is 4. The van der Waals surface area contributed by atoms with Gasteiger partial charge in [-0.2, -0.15) is 0 Å². The lowest BCUT2D eigenvalue weighted by Gasteiger charge is -2.32. The van der Waals surface area contributed by atoms with E-state index in [1.807, 2.05) is 62.4 Å². The molecule has 4 aliphatic carbocycles. The van der Waals surface area contributed by atoms with Gasteiger partial charge in [-0.05, 0) is 158 Å². The first-order chi connectivity index (χ1) is 44.0. The Labute approximate surface area is 526 Å². The molecule has 482 valence electrons. The molecule has 2 aromatic heterocycles. The summed E-state index contributed by atoms with van der Waals surface area (Å²) in [6.45, 7) is 4.75. The van der Waals surface area contributed by atoms with Crippen molar-refractivity contribution in [2.45, 2.75) is 197 Å². The van der Waals surface area contributed by atoms with Crippen LogP contribution in [0.2, 0.25) is 0 Å². The number of rotatable bonds is 10. The fourth-order valence-electron chi connectivity index (χ4n) is 15.9. The second-order valence-corrected chi connectivity index (χ2v) is 25.9. The molecule has 20 heteroatoms. The summed E-state index contributed by atoms with van der Waals surface area (Å²) in [6, 6.07) is 11.5. The van der Waals surface area contributed by atoms with Gasteiger partial charge in [0.05, 0.1) is 62.2 Å². The quantitative estimate of drug-likeness (QED) is 0.0854. The minimum absolute atomic E-state index is 0.0201. The molecule has 4 aliphatic heterocycles. The van der Waals surface area contributed by atoms with E-state index in [1.165, 1.54) is 12.0 Å². The molecule has 4 amide bonds. The molecule has 4 bridgehead atoms. The van der Waals surface area contributed by atoms with Crippen LogP contribution in [0.25, 0.3) is 21.8 Å². The maximum atomic E-state index is 15.4. The third-order valence-electron chi connectivity index (χ3n) is 20.4. The maximum absolute atomic E-state index is 15.4. The minimum Gasteiger partial charge on any atom is -0.493 e. The van der Waals surface area contributed by atoms with Crippen LogP contribution in [-0.4, -0.2) is 144 Å². The van der Waals surface area contributed by atoms with Gasteiger partial charge in [0.1, 0.15) is 60.1 Å². The molecular weight excluding hydrogens is 1150 g/mol. The molecule has 20 nitrogen and oxygen atoms in total. The highest BCUT2D eigenvalue weighted by molar-refractivity contribution is 5.93. The first-order valence-corrected chi connectivity index (χ1v) is 33.5. The summed E-state index contributed by atoms with van der Waals surface area (Å²) in [4.78, 5) is 101. The van der Waals surface area contributed by atoms with Gasteiger partial charge in [0.25, 0.3) is 0 Å². The Kier molecular flexibility index (Phi) is 19.9. The summed E-state index contributed by atoms with van der Waals surface area (Å²) in [5, 5.41) is 7.74. The number of carbonyl (C=O) groups is 6. The molecule has 0 radical (unpaired) electrons. The Hall–Kier alpha value is -7.64. The van der Waals surface area contributed by atoms with Crippen molar-refractivity contribution in [3.05, 3.63) is 84.0 Å². The zero-order valence-corrected chi connectivity index (χ0v) is 52.3. The summed E-state index contributed by atoms with van der Waals surface area (Å²) < 4.78 is 50.8. The van der Waals surface area contributed by atoms with Crippen LogP contribution < -0.4 is 29.6 Å². The van der Waals surface area contributed by atoms with Crippen molar-refractivity contribution in [3.63, 3.8) is 0 Å². The zero-order valence-electron chi connectivity index (χ0n) is 52.3. The van der Waals surface area contributed by atoms with Gasteiger partial charge in [-0.25, -0.2) is 29.1 Å². The van der Waals surface area contributed by atoms with E-state index < -0.39 is 72.5 Å². The molecule has 2 saturated heterocycles. The number of pyridine rings is 2. The third kappa shape index (κ3) is 13.7. The number of nitrogens with zero attached hydrogens (tertiary/aromatic N) is 4. The monoisotopic (exact) mass is 1240 g/mol. The summed E-state index contributed by atoms with van der Waals surface area (Å²) in [5.74, 6) is -0.673. The number of para-hydroxylation sites is 2. The fraction of sp³-hybridized carbons (Fsp3) is 0.600. The molecule has 8 aliphatic rings. The molecule has 4 aromatic rings. The average molecular weight is 1240 g/mol. The standard InChI is InChI=1S/C70H88N6O14/c1-4-84-61-49-28-16-19-33-54(49)72-64-51(61)30-10-6-8-21-42-26-20-34-57(42)89-69(81)73-60(44-24-14-15-25-44)66(78)76-40-47(88-64)38-56(76)68(80)86-41-45-35-36-58-48(45)27-9-7-11-31-52-62(85-5-2)50-29-17-18-32-53(50)71-63(52)87-46-37-55(67(79)83-3)75(39-46)65(77)59(74-70(82)90-58)43-22-12-13-23-43/h6-7,10-11,16-19,28-29,32-33,42-48,55-60H,4-5,8-9,12-15,20-27,30-31,34-41H2,1-3H3,(H,73,81)(H,74,82)/b10-6-,11-7+/t42-,45?,46-,47-,48-,55+,56+,57-,58-,59+,60+/m1/s1. The largest absolute Gasteiger partial charge is 0.493 e. The summed E-state index contributed by atoms with van der Waals surface area (Å²) in [7, 11) is 1.30. The Morgan fingerprint density at radius 1 is 0.556 bits per heavy atom. The van der Waals surface area contributed by atoms with Gasteiger partial charge in [0, 0.05) is 29.5 Å². The predicted molar refractivity (Wildman–Crippen MR) is 334 cm³/mol. The number of hydrogen-bond donors (Lipinski definition) is 2. The fourth-order valence-corrected chi connectivity index (χ4v) is 15.9. The summed E-state index contributed by atoms with van der Waals surface area (Å²) >= 11 is 0. The molecule has 12 rings (SSSR count). The van der Waals surface area contributed by atoms with Crippen molar-refractivity contribution in [3.8, 4) is 23.3 Å². The van der Waals surface area contributed by atoms with Gasteiger partial charge in [0.2, 0.25) is 23.6 Å². The number of fused-ring (bicyclic) bond motifs is 10. The van der Waals surface area contributed by atoms with E-state index in [2.05, 4.69) is 34.9 Å². The van der Waals surface area contributed by atoms with E-state index in [-0.39, 0.29) is 74.1 Å². The van der Waals surface area contributed by atoms with Gasteiger partial charge < -0.3 is 58.3 Å². The van der Waals surface area contributed by atoms with E-state index in [9.17, 15) is 14.4 Å². The Balaban J connectivity index is 0.838. The molecule has 2 N–H and O–H groups in total. The van der Waals surface area contributed by atoms with Crippen LogP contribution in [-0.2, 0) is 51.0 Å². The highest BCUT2D eigenvalue weighted by Gasteiger charge is 2.50. The summed E-state index contributed by atoms with van der Waals surface area (Å²) in [6.07, 6.45) is 18.9. The van der Waals surface area contributed by atoms with Crippen LogP contribution in [0.4, 0.5) is 9.59 Å². The first kappa shape index (κ1) is 62.5. The lowest BCUT2D eigenvalue weighted by molar-refractivity contribution is -0.156. The molecule has 1 unspecified atom stereocenters. The normalized spacial score (nSPS) is 29.7. The molecule has 6 fully saturated rings. The number of methoxy groups -OCH3 is 1. The van der Waals surface area contributed by atoms with Crippen LogP contribution in [0.5, 0.6) is 23.3 Å². The van der Waals surface area contributed by atoms with Crippen LogP contribution in [0.15, 0.2) is 72.8 Å². The SMILES string of the molecule is CCOc1c2c(nc3ccccc13)O[C@@H]1C[C@@H](C(=O)OC)N(C1)C(=O)[C@H](C1CCCC1)NC(=O)O[C@@H]1CCC(COC(=O)[C@@H]3C[C@@H]4CN3C(=O)[C@H](C3CCCC3)NC(=O)O[C@@H]3CCC[C@H]3CC/C=C\Cc3c(nc5ccccc5c3OCC)O4)[C@H]1CC/C=C/C2. The molecule has 6 heterocycles. The number of nitrogens with one attached hydrogen (secondary N) is 2.